The van der Waals surface area contributed by atoms with Gasteiger partial charge in [-0.25, -0.2) is 9.78 Å². The highest BCUT2D eigenvalue weighted by Gasteiger charge is 2.10. The van der Waals surface area contributed by atoms with Gasteiger partial charge in [-0.05, 0) is 19.1 Å². The topological polar surface area (TPSA) is 64.3 Å². The Hall–Kier alpha value is -2.04. The summed E-state index contributed by atoms with van der Waals surface area (Å²) in [6, 6.07) is 5.41. The predicted molar refractivity (Wildman–Crippen MR) is 58.6 cm³/mol. The maximum Gasteiger partial charge on any atom is 0.341 e. The van der Waals surface area contributed by atoms with E-state index >= 15 is 0 Å². The number of nitrogens with zero attached hydrogens (tertiary/aromatic N) is 2. The molecule has 0 radical (unpaired) electrons. The van der Waals surface area contributed by atoms with E-state index in [2.05, 4.69) is 4.98 Å². The number of imidazole rings is 1. The van der Waals surface area contributed by atoms with E-state index in [0.717, 1.165) is 16.9 Å². The first-order valence-corrected chi connectivity index (χ1v) is 4.86. The molecule has 2 aromatic rings. The molecule has 0 spiro atoms. The molecule has 0 aliphatic heterocycles. The lowest BCUT2D eigenvalue weighted by Crippen LogP contribution is -2.10. The zero-order chi connectivity index (χ0) is 11.7. The van der Waals surface area contributed by atoms with Gasteiger partial charge in [0, 0.05) is 7.05 Å². The van der Waals surface area contributed by atoms with Crippen molar-refractivity contribution in [3.05, 3.63) is 24.0 Å². The van der Waals surface area contributed by atoms with Gasteiger partial charge in [0.05, 0.1) is 5.52 Å². The number of rotatable bonds is 3. The molecule has 0 aliphatic carbocycles. The van der Waals surface area contributed by atoms with Crippen molar-refractivity contribution in [2.75, 3.05) is 6.61 Å². The van der Waals surface area contributed by atoms with Crippen LogP contribution in [0.5, 0.6) is 5.75 Å². The minimum Gasteiger partial charge on any atom is -0.480 e. The summed E-state index contributed by atoms with van der Waals surface area (Å²) in [7, 11) is 1.87. The van der Waals surface area contributed by atoms with Gasteiger partial charge in [-0.2, -0.15) is 0 Å². The highest BCUT2D eigenvalue weighted by atomic mass is 16.5. The maximum atomic E-state index is 10.5. The molecule has 16 heavy (non-hydrogen) atoms. The highest BCUT2D eigenvalue weighted by molar-refractivity contribution is 5.83. The molecule has 0 atom stereocenters. The molecular weight excluding hydrogens is 208 g/mol. The average Bonchev–Trinajstić information content (AvgIpc) is 2.52. The van der Waals surface area contributed by atoms with Crippen molar-refractivity contribution in [1.29, 1.82) is 0 Å². The van der Waals surface area contributed by atoms with Crippen LogP contribution in [-0.2, 0) is 11.8 Å². The third kappa shape index (κ3) is 1.71. The average molecular weight is 220 g/mol. The minimum absolute atomic E-state index is 0.344. The first kappa shape index (κ1) is 10.5. The molecule has 0 fully saturated rings. The number of aliphatic carboxylic acids is 1. The van der Waals surface area contributed by atoms with Gasteiger partial charge in [0.2, 0.25) is 0 Å². The van der Waals surface area contributed by atoms with Crippen molar-refractivity contribution in [3.63, 3.8) is 0 Å². The van der Waals surface area contributed by atoms with E-state index in [1.807, 2.05) is 24.6 Å². The molecule has 0 amide bonds. The molecular formula is C11H12N2O3. The first-order valence-electron chi connectivity index (χ1n) is 4.86. The van der Waals surface area contributed by atoms with E-state index in [1.165, 1.54) is 0 Å². The van der Waals surface area contributed by atoms with E-state index in [1.54, 1.807) is 12.1 Å². The lowest BCUT2D eigenvalue weighted by Gasteiger charge is -2.06. The van der Waals surface area contributed by atoms with Crippen molar-refractivity contribution in [3.8, 4) is 5.75 Å². The summed E-state index contributed by atoms with van der Waals surface area (Å²) < 4.78 is 7.10. The van der Waals surface area contributed by atoms with Crippen LogP contribution in [0.4, 0.5) is 0 Å². The number of ether oxygens (including phenoxy) is 1. The third-order valence-electron chi connectivity index (χ3n) is 2.43. The number of fused-ring (bicyclic) bond motifs is 1. The fraction of sp³-hybridized carbons (Fsp3) is 0.273. The Morgan fingerprint density at radius 2 is 2.31 bits per heavy atom. The van der Waals surface area contributed by atoms with Crippen molar-refractivity contribution >= 4 is 17.0 Å². The van der Waals surface area contributed by atoms with Gasteiger partial charge >= 0.3 is 5.97 Å². The molecule has 84 valence electrons. The van der Waals surface area contributed by atoms with Crippen molar-refractivity contribution in [2.45, 2.75) is 6.92 Å². The smallest absolute Gasteiger partial charge is 0.341 e. The molecule has 0 aliphatic rings. The molecule has 1 aromatic heterocycles. The van der Waals surface area contributed by atoms with Crippen LogP contribution in [-0.4, -0.2) is 27.2 Å². The lowest BCUT2D eigenvalue weighted by atomic mass is 10.3. The van der Waals surface area contributed by atoms with Crippen molar-refractivity contribution in [2.24, 2.45) is 7.05 Å². The van der Waals surface area contributed by atoms with Gasteiger partial charge in [-0.1, -0.05) is 6.07 Å². The number of hydrogen-bond donors (Lipinski definition) is 1. The van der Waals surface area contributed by atoms with E-state index in [-0.39, 0.29) is 6.61 Å². The van der Waals surface area contributed by atoms with Crippen LogP contribution < -0.4 is 4.74 Å². The summed E-state index contributed by atoms with van der Waals surface area (Å²) in [4.78, 5) is 14.8. The summed E-state index contributed by atoms with van der Waals surface area (Å²) in [5.41, 5.74) is 1.63. The molecule has 0 bridgehead atoms. The summed E-state index contributed by atoms with van der Waals surface area (Å²) in [5, 5.41) is 8.57. The van der Waals surface area contributed by atoms with Crippen LogP contribution in [0, 0.1) is 6.92 Å². The largest absolute Gasteiger partial charge is 0.480 e. The van der Waals surface area contributed by atoms with Crippen LogP contribution in [0.15, 0.2) is 18.2 Å². The third-order valence-corrected chi connectivity index (χ3v) is 2.43. The second kappa shape index (κ2) is 3.84. The van der Waals surface area contributed by atoms with Gasteiger partial charge in [0.15, 0.2) is 6.61 Å². The van der Waals surface area contributed by atoms with E-state index in [9.17, 15) is 4.79 Å². The van der Waals surface area contributed by atoms with E-state index in [4.69, 9.17) is 9.84 Å². The molecule has 0 saturated carbocycles. The van der Waals surface area contributed by atoms with E-state index < -0.39 is 5.97 Å². The van der Waals surface area contributed by atoms with Crippen LogP contribution in [0.1, 0.15) is 5.82 Å². The molecule has 0 saturated heterocycles. The van der Waals surface area contributed by atoms with Gasteiger partial charge in [0.25, 0.3) is 0 Å². The first-order chi connectivity index (χ1) is 7.59. The van der Waals surface area contributed by atoms with Crippen molar-refractivity contribution in [1.82, 2.24) is 9.55 Å². The quantitative estimate of drug-likeness (QED) is 0.847. The Morgan fingerprint density at radius 1 is 1.56 bits per heavy atom. The van der Waals surface area contributed by atoms with Crippen LogP contribution in [0.3, 0.4) is 0 Å². The zero-order valence-corrected chi connectivity index (χ0v) is 9.10. The molecule has 0 unspecified atom stereocenters. The molecule has 1 N–H and O–H groups in total. The van der Waals surface area contributed by atoms with E-state index in [0.29, 0.717) is 5.75 Å². The van der Waals surface area contributed by atoms with Gasteiger partial charge in [-0.3, -0.25) is 0 Å². The number of para-hydroxylation sites is 1. The molecule has 1 heterocycles. The Balaban J connectivity index is 2.48. The number of benzene rings is 1. The zero-order valence-electron chi connectivity index (χ0n) is 9.10. The Morgan fingerprint density at radius 3 is 3.00 bits per heavy atom. The maximum absolute atomic E-state index is 10.5. The summed E-state index contributed by atoms with van der Waals surface area (Å²) in [5.74, 6) is 0.417. The fourth-order valence-electron chi connectivity index (χ4n) is 1.61. The molecule has 5 nitrogen and oxygen atoms in total. The van der Waals surface area contributed by atoms with Crippen LogP contribution in [0.25, 0.3) is 11.0 Å². The van der Waals surface area contributed by atoms with Crippen molar-refractivity contribution < 1.29 is 14.6 Å². The fourth-order valence-corrected chi connectivity index (χ4v) is 1.61. The summed E-state index contributed by atoms with van der Waals surface area (Å²) in [6.07, 6.45) is 0. The van der Waals surface area contributed by atoms with Gasteiger partial charge < -0.3 is 14.4 Å². The normalized spacial score (nSPS) is 10.6. The number of aryl methyl sites for hydroxylation is 2. The molecule has 5 heteroatoms. The standard InChI is InChI=1S/C11H12N2O3/c1-7-12-8-4-3-5-9(11(8)13(7)2)16-6-10(14)15/h3-5H,6H2,1-2H3,(H,14,15). The lowest BCUT2D eigenvalue weighted by molar-refractivity contribution is -0.139. The second-order valence-electron chi connectivity index (χ2n) is 3.52. The Bertz CT molecular complexity index is 545. The molecule has 1 aromatic carbocycles. The minimum atomic E-state index is -0.990. The summed E-state index contributed by atoms with van der Waals surface area (Å²) in [6.45, 7) is 1.55. The number of aromatic nitrogens is 2. The Labute approximate surface area is 92.3 Å². The van der Waals surface area contributed by atoms with Crippen LogP contribution >= 0.6 is 0 Å². The van der Waals surface area contributed by atoms with Crippen LogP contribution in [0.2, 0.25) is 0 Å². The second-order valence-corrected chi connectivity index (χ2v) is 3.52. The number of carbonyl (C=O) groups is 1. The number of carboxylic acids is 1. The van der Waals surface area contributed by atoms with Gasteiger partial charge in [-0.15, -0.1) is 0 Å². The monoisotopic (exact) mass is 220 g/mol. The Kier molecular flexibility index (Phi) is 2.52. The highest BCUT2D eigenvalue weighted by Crippen LogP contribution is 2.25. The summed E-state index contributed by atoms with van der Waals surface area (Å²) >= 11 is 0. The number of hydrogen-bond acceptors (Lipinski definition) is 3. The predicted octanol–water partition coefficient (Wildman–Crippen LogP) is 1.35. The molecule has 2 rings (SSSR count). The SMILES string of the molecule is Cc1nc2cccc(OCC(=O)O)c2n1C. The number of carboxylic acid groups (broad SMARTS) is 1. The van der Waals surface area contributed by atoms with Gasteiger partial charge in [0.1, 0.15) is 17.1 Å².